The molecule has 0 aliphatic rings. The van der Waals surface area contributed by atoms with E-state index in [1.807, 2.05) is 0 Å². The van der Waals surface area contributed by atoms with Crippen LogP contribution in [0.25, 0.3) is 10.1 Å². The number of halogens is 1. The van der Waals surface area contributed by atoms with E-state index in [2.05, 4.69) is 56.0 Å². The lowest BCUT2D eigenvalue weighted by molar-refractivity contribution is 0.703. The molecule has 1 aromatic carbocycles. The smallest absolute Gasteiger partial charge is 0.282 e. The van der Waals surface area contributed by atoms with Gasteiger partial charge in [0, 0.05) is 18.3 Å². The summed E-state index contributed by atoms with van der Waals surface area (Å²) in [6.45, 7) is 0.758. The summed E-state index contributed by atoms with van der Waals surface area (Å²) < 4.78 is 3.14. The van der Waals surface area contributed by atoms with Gasteiger partial charge < -0.3 is 5.32 Å². The number of anilines is 1. The molecule has 21 heavy (non-hydrogen) atoms. The normalized spacial score (nSPS) is 11.0. The fraction of sp³-hybridized carbons (Fsp3) is 0.200. The van der Waals surface area contributed by atoms with Crippen molar-refractivity contribution in [2.75, 3.05) is 11.9 Å². The first-order valence-corrected chi connectivity index (χ1v) is 8.25. The summed E-state index contributed by atoms with van der Waals surface area (Å²) in [5.74, 6) is 0. The van der Waals surface area contributed by atoms with Crippen molar-refractivity contribution >= 4 is 43.0 Å². The van der Waals surface area contributed by atoms with Crippen LogP contribution in [0, 0.1) is 0 Å². The Morgan fingerprint density at radius 1 is 1.38 bits per heavy atom. The molecule has 4 nitrogen and oxygen atoms in total. The Morgan fingerprint density at radius 2 is 2.19 bits per heavy atom. The zero-order valence-electron chi connectivity index (χ0n) is 11.5. The highest BCUT2D eigenvalue weighted by Gasteiger charge is 2.07. The van der Waals surface area contributed by atoms with E-state index in [4.69, 9.17) is 0 Å². The van der Waals surface area contributed by atoms with Crippen molar-refractivity contribution in [3.05, 3.63) is 56.2 Å². The van der Waals surface area contributed by atoms with E-state index in [-0.39, 0.29) is 5.56 Å². The molecule has 0 aliphatic carbocycles. The van der Waals surface area contributed by atoms with Crippen LogP contribution in [-0.2, 0) is 13.5 Å². The van der Waals surface area contributed by atoms with E-state index in [1.54, 1.807) is 24.6 Å². The molecule has 108 valence electrons. The van der Waals surface area contributed by atoms with Crippen molar-refractivity contribution in [3.8, 4) is 0 Å². The van der Waals surface area contributed by atoms with Crippen molar-refractivity contribution in [1.82, 2.24) is 9.78 Å². The number of fused-ring (bicyclic) bond motifs is 1. The van der Waals surface area contributed by atoms with Gasteiger partial charge in [-0.05, 0) is 44.7 Å². The van der Waals surface area contributed by atoms with Crippen LogP contribution in [-0.4, -0.2) is 16.3 Å². The van der Waals surface area contributed by atoms with Gasteiger partial charge in [-0.3, -0.25) is 4.79 Å². The summed E-state index contributed by atoms with van der Waals surface area (Å²) in [4.78, 5) is 11.8. The van der Waals surface area contributed by atoms with Gasteiger partial charge in [0.25, 0.3) is 5.56 Å². The van der Waals surface area contributed by atoms with E-state index in [0.717, 1.165) is 18.7 Å². The minimum absolute atomic E-state index is 0.138. The third-order valence-corrected chi connectivity index (χ3v) is 5.13. The monoisotopic (exact) mass is 363 g/mol. The fourth-order valence-corrected chi connectivity index (χ4v) is 3.69. The lowest BCUT2D eigenvalue weighted by atomic mass is 10.1. The van der Waals surface area contributed by atoms with Gasteiger partial charge in [-0.15, -0.1) is 11.3 Å². The van der Waals surface area contributed by atoms with Gasteiger partial charge in [-0.1, -0.05) is 18.2 Å². The second-order valence-corrected chi connectivity index (χ2v) is 6.44. The Balaban J connectivity index is 1.72. The summed E-state index contributed by atoms with van der Waals surface area (Å²) in [6.07, 6.45) is 2.57. The van der Waals surface area contributed by atoms with Crippen molar-refractivity contribution in [2.45, 2.75) is 6.42 Å². The maximum Gasteiger partial charge on any atom is 0.282 e. The molecule has 0 unspecified atom stereocenters. The maximum atomic E-state index is 11.8. The molecular formula is C15H14BrN3OS. The van der Waals surface area contributed by atoms with E-state index in [0.29, 0.717) is 4.47 Å². The Kier molecular flexibility index (Phi) is 4.07. The highest BCUT2D eigenvalue weighted by atomic mass is 79.9. The second-order valence-electron chi connectivity index (χ2n) is 4.73. The van der Waals surface area contributed by atoms with Gasteiger partial charge in [0.05, 0.1) is 11.9 Å². The average Bonchev–Trinajstić information content (AvgIpc) is 2.91. The number of aromatic nitrogens is 2. The molecule has 2 heterocycles. The van der Waals surface area contributed by atoms with Crippen LogP contribution in [0.5, 0.6) is 0 Å². The van der Waals surface area contributed by atoms with Crippen molar-refractivity contribution in [2.24, 2.45) is 7.05 Å². The van der Waals surface area contributed by atoms with Crippen LogP contribution in [0.3, 0.4) is 0 Å². The summed E-state index contributed by atoms with van der Waals surface area (Å²) >= 11 is 5.08. The second kappa shape index (κ2) is 5.99. The predicted octanol–water partition coefficient (Wildman–Crippen LogP) is 3.41. The van der Waals surface area contributed by atoms with Crippen LogP contribution in [0.1, 0.15) is 5.56 Å². The third kappa shape index (κ3) is 2.87. The minimum atomic E-state index is -0.138. The van der Waals surface area contributed by atoms with Gasteiger partial charge in [0.15, 0.2) is 0 Å². The maximum absolute atomic E-state index is 11.8. The number of aryl methyl sites for hydroxylation is 1. The van der Waals surface area contributed by atoms with E-state index in [1.165, 1.54) is 20.3 Å². The highest BCUT2D eigenvalue weighted by Crippen LogP contribution is 2.26. The Hall–Kier alpha value is -1.66. The quantitative estimate of drug-likeness (QED) is 0.772. The Bertz CT molecular complexity index is 840. The van der Waals surface area contributed by atoms with Crippen LogP contribution in [0.15, 0.2) is 45.1 Å². The molecule has 0 amide bonds. The molecule has 6 heteroatoms. The highest BCUT2D eigenvalue weighted by molar-refractivity contribution is 9.10. The number of hydrogen-bond acceptors (Lipinski definition) is 4. The molecule has 3 aromatic rings. The van der Waals surface area contributed by atoms with Gasteiger partial charge in [0.2, 0.25) is 0 Å². The van der Waals surface area contributed by atoms with Crippen LogP contribution in [0.2, 0.25) is 0 Å². The van der Waals surface area contributed by atoms with Crippen LogP contribution >= 0.6 is 27.3 Å². The first-order chi connectivity index (χ1) is 10.2. The third-order valence-electron chi connectivity index (χ3n) is 3.35. The number of nitrogens with one attached hydrogen (secondary N) is 1. The lowest BCUT2D eigenvalue weighted by Gasteiger charge is -2.08. The van der Waals surface area contributed by atoms with Crippen molar-refractivity contribution in [1.29, 1.82) is 0 Å². The fourth-order valence-electron chi connectivity index (χ4n) is 2.19. The van der Waals surface area contributed by atoms with Crippen molar-refractivity contribution in [3.63, 3.8) is 0 Å². The molecule has 3 rings (SSSR count). The summed E-state index contributed by atoms with van der Waals surface area (Å²) in [7, 11) is 1.63. The molecule has 0 aliphatic heterocycles. The molecular weight excluding hydrogens is 350 g/mol. The summed E-state index contributed by atoms with van der Waals surface area (Å²) in [6, 6.07) is 8.41. The molecule has 0 atom stereocenters. The lowest BCUT2D eigenvalue weighted by Crippen LogP contribution is -2.21. The molecule has 0 bridgehead atoms. The first-order valence-electron chi connectivity index (χ1n) is 6.57. The standard InChI is InChI=1S/C15H14BrN3OS/c1-19-15(20)14(16)12(8-18-19)17-7-6-10-9-21-13-5-3-2-4-11(10)13/h2-5,8-9,17H,6-7H2,1H3. The largest absolute Gasteiger partial charge is 0.382 e. The number of rotatable bonds is 4. The minimum Gasteiger partial charge on any atom is -0.382 e. The summed E-state index contributed by atoms with van der Waals surface area (Å²) in [5, 5.41) is 10.8. The molecule has 0 radical (unpaired) electrons. The molecule has 0 fully saturated rings. The molecule has 0 saturated carbocycles. The number of nitrogens with zero attached hydrogens (tertiary/aromatic N) is 2. The van der Waals surface area contributed by atoms with Gasteiger partial charge in [-0.2, -0.15) is 5.10 Å². The topological polar surface area (TPSA) is 46.9 Å². The van der Waals surface area contributed by atoms with Crippen molar-refractivity contribution < 1.29 is 0 Å². The molecule has 2 aromatic heterocycles. The van der Waals surface area contributed by atoms with Gasteiger partial charge in [0.1, 0.15) is 4.47 Å². The zero-order chi connectivity index (χ0) is 14.8. The number of thiophene rings is 1. The summed E-state index contributed by atoms with van der Waals surface area (Å²) in [5.41, 5.74) is 1.93. The number of hydrogen-bond donors (Lipinski definition) is 1. The predicted molar refractivity (Wildman–Crippen MR) is 91.2 cm³/mol. The molecule has 1 N–H and O–H groups in total. The van der Waals surface area contributed by atoms with Gasteiger partial charge in [-0.25, -0.2) is 4.68 Å². The van der Waals surface area contributed by atoms with Gasteiger partial charge >= 0.3 is 0 Å². The number of benzene rings is 1. The van der Waals surface area contributed by atoms with Crippen LogP contribution < -0.4 is 10.9 Å². The van der Waals surface area contributed by atoms with E-state index >= 15 is 0 Å². The average molecular weight is 364 g/mol. The zero-order valence-corrected chi connectivity index (χ0v) is 13.9. The Morgan fingerprint density at radius 3 is 3.05 bits per heavy atom. The Labute approximate surface area is 134 Å². The van der Waals surface area contributed by atoms with Crippen LogP contribution in [0.4, 0.5) is 5.69 Å². The molecule has 0 spiro atoms. The van der Waals surface area contributed by atoms with E-state index in [9.17, 15) is 4.79 Å². The van der Waals surface area contributed by atoms with E-state index < -0.39 is 0 Å². The SMILES string of the molecule is Cn1ncc(NCCc2csc3ccccc23)c(Br)c1=O. The molecule has 0 saturated heterocycles. The first kappa shape index (κ1) is 14.3.